The Morgan fingerprint density at radius 1 is 1.38 bits per heavy atom. The van der Waals surface area contributed by atoms with Crippen molar-refractivity contribution in [1.82, 2.24) is 10.2 Å². The summed E-state index contributed by atoms with van der Waals surface area (Å²) in [6.45, 7) is 6.16. The fourth-order valence-corrected chi connectivity index (χ4v) is 3.82. The minimum atomic E-state index is -0.104. The summed E-state index contributed by atoms with van der Waals surface area (Å²) in [6.07, 6.45) is 4.45. The van der Waals surface area contributed by atoms with Gasteiger partial charge in [-0.2, -0.15) is 0 Å². The van der Waals surface area contributed by atoms with Crippen LogP contribution < -0.4 is 5.32 Å². The molecule has 2 aliphatic heterocycles. The summed E-state index contributed by atoms with van der Waals surface area (Å²) in [6, 6.07) is 0.423. The van der Waals surface area contributed by atoms with Gasteiger partial charge >= 0.3 is 0 Å². The summed E-state index contributed by atoms with van der Waals surface area (Å²) in [7, 11) is 0. The average Bonchev–Trinajstić information content (AvgIpc) is 3.26. The highest BCUT2D eigenvalue weighted by Gasteiger charge is 2.53. The van der Waals surface area contributed by atoms with Gasteiger partial charge in [-0.15, -0.1) is 0 Å². The Morgan fingerprint density at radius 2 is 2.10 bits per heavy atom. The van der Waals surface area contributed by atoms with E-state index < -0.39 is 0 Å². The lowest BCUT2D eigenvalue weighted by atomic mass is 9.93. The molecule has 3 aliphatic rings. The Labute approximate surface area is 127 Å². The van der Waals surface area contributed by atoms with Crippen molar-refractivity contribution in [1.29, 1.82) is 0 Å². The molecule has 0 spiro atoms. The molecule has 2 saturated heterocycles. The van der Waals surface area contributed by atoms with Gasteiger partial charge in [-0.05, 0) is 52.4 Å². The summed E-state index contributed by atoms with van der Waals surface area (Å²) in [5.41, 5.74) is 0. The number of aliphatic hydroxyl groups excluding tert-OH is 1. The number of nitrogens with one attached hydrogen (secondary N) is 1. The van der Waals surface area contributed by atoms with Crippen LogP contribution in [0.2, 0.25) is 0 Å². The number of aliphatic hydroxyl groups is 1. The quantitative estimate of drug-likeness (QED) is 0.740. The Bertz CT molecular complexity index is 397. The molecule has 0 bridgehead atoms. The van der Waals surface area contributed by atoms with Crippen LogP contribution in [0.25, 0.3) is 0 Å². The molecule has 5 heteroatoms. The largest absolute Gasteiger partial charge is 0.394 e. The number of hydrogen-bond acceptors (Lipinski definition) is 4. The van der Waals surface area contributed by atoms with Crippen LogP contribution >= 0.6 is 0 Å². The molecule has 3 fully saturated rings. The lowest BCUT2D eigenvalue weighted by Crippen LogP contribution is -2.56. The predicted octanol–water partition coefficient (Wildman–Crippen LogP) is 0.902. The molecular weight excluding hydrogens is 268 g/mol. The first-order chi connectivity index (χ1) is 10.0. The highest BCUT2D eigenvalue weighted by atomic mass is 16.5. The van der Waals surface area contributed by atoms with E-state index in [4.69, 9.17) is 4.74 Å². The molecule has 1 amide bonds. The van der Waals surface area contributed by atoms with E-state index in [2.05, 4.69) is 12.2 Å². The Kier molecular flexibility index (Phi) is 4.26. The van der Waals surface area contributed by atoms with Crippen molar-refractivity contribution in [3.8, 4) is 0 Å². The highest BCUT2D eigenvalue weighted by Crippen LogP contribution is 2.41. The second kappa shape index (κ2) is 5.86. The maximum absolute atomic E-state index is 12.7. The second-order valence-electron chi connectivity index (χ2n) is 7.22. The number of rotatable bonds is 5. The number of likely N-dealkylation sites (tertiary alicyclic amines) is 1. The van der Waals surface area contributed by atoms with Gasteiger partial charge in [0, 0.05) is 12.1 Å². The number of ether oxygens (including phenoxy) is 1. The van der Waals surface area contributed by atoms with Crippen molar-refractivity contribution in [2.24, 2.45) is 5.92 Å². The summed E-state index contributed by atoms with van der Waals surface area (Å²) < 4.78 is 5.90. The lowest BCUT2D eigenvalue weighted by Gasteiger charge is -2.43. The number of hydrogen-bond donors (Lipinski definition) is 2. The number of amides is 1. The van der Waals surface area contributed by atoms with Crippen LogP contribution in [-0.2, 0) is 9.53 Å². The molecule has 0 aromatic rings. The summed E-state index contributed by atoms with van der Waals surface area (Å²) in [5.74, 6) is 0.894. The van der Waals surface area contributed by atoms with E-state index in [1.165, 1.54) is 12.8 Å². The van der Waals surface area contributed by atoms with E-state index in [1.807, 2.05) is 18.7 Å². The smallest absolute Gasteiger partial charge is 0.241 e. The van der Waals surface area contributed by atoms with Crippen molar-refractivity contribution >= 4 is 5.91 Å². The standard InChI is InChI=1S/C16H28N2O3/c1-9(2)21-13-6-10(3)18(12(7-13)8-19)16(20)15-14(17-15)11-4-5-11/h9-15,17,19H,4-8H2,1-3H3/t10-,12-,13?,14+,15-/m1/s1. The van der Waals surface area contributed by atoms with Crippen molar-refractivity contribution in [2.75, 3.05) is 6.61 Å². The number of carbonyl (C=O) groups is 1. The van der Waals surface area contributed by atoms with Crippen LogP contribution in [0.1, 0.15) is 46.5 Å². The fourth-order valence-electron chi connectivity index (χ4n) is 3.82. The molecule has 0 aromatic heterocycles. The summed E-state index contributed by atoms with van der Waals surface area (Å²) in [5, 5.41) is 13.0. The maximum Gasteiger partial charge on any atom is 0.241 e. The monoisotopic (exact) mass is 296 g/mol. The first-order valence-electron chi connectivity index (χ1n) is 8.35. The third-order valence-corrected chi connectivity index (χ3v) is 4.96. The Hall–Kier alpha value is -0.650. The molecule has 1 saturated carbocycles. The number of carbonyl (C=O) groups excluding carboxylic acids is 1. The lowest BCUT2D eigenvalue weighted by molar-refractivity contribution is -0.144. The zero-order chi connectivity index (χ0) is 15.1. The van der Waals surface area contributed by atoms with Gasteiger partial charge in [0.05, 0.1) is 24.9 Å². The molecule has 5 atom stereocenters. The third kappa shape index (κ3) is 3.25. The molecular formula is C16H28N2O3. The van der Waals surface area contributed by atoms with Crippen LogP contribution in [-0.4, -0.2) is 58.9 Å². The van der Waals surface area contributed by atoms with Gasteiger partial charge in [0.15, 0.2) is 0 Å². The normalized spacial score (nSPS) is 39.7. The van der Waals surface area contributed by atoms with E-state index >= 15 is 0 Å². The van der Waals surface area contributed by atoms with Crippen molar-refractivity contribution in [3.05, 3.63) is 0 Å². The molecule has 5 nitrogen and oxygen atoms in total. The molecule has 1 unspecified atom stereocenters. The minimum Gasteiger partial charge on any atom is -0.394 e. The van der Waals surface area contributed by atoms with Crippen molar-refractivity contribution < 1.29 is 14.6 Å². The van der Waals surface area contributed by atoms with Gasteiger partial charge in [-0.3, -0.25) is 10.1 Å². The molecule has 120 valence electrons. The highest BCUT2D eigenvalue weighted by molar-refractivity contribution is 5.86. The summed E-state index contributed by atoms with van der Waals surface area (Å²) >= 11 is 0. The summed E-state index contributed by atoms with van der Waals surface area (Å²) in [4.78, 5) is 14.6. The molecule has 2 heterocycles. The molecule has 21 heavy (non-hydrogen) atoms. The van der Waals surface area contributed by atoms with Crippen molar-refractivity contribution in [2.45, 2.75) is 82.8 Å². The van der Waals surface area contributed by atoms with E-state index in [9.17, 15) is 9.90 Å². The SMILES string of the molecule is CC(C)OC1C[C@H](CO)N(C(=O)[C@@H]2N[C@H]2C2CC2)[C@H](C)C1. The van der Waals surface area contributed by atoms with Gasteiger partial charge < -0.3 is 14.7 Å². The van der Waals surface area contributed by atoms with E-state index in [0.29, 0.717) is 12.0 Å². The van der Waals surface area contributed by atoms with Crippen LogP contribution in [0.5, 0.6) is 0 Å². The third-order valence-electron chi connectivity index (χ3n) is 4.96. The molecule has 0 aromatic carbocycles. The molecule has 0 radical (unpaired) electrons. The minimum absolute atomic E-state index is 0.00318. The Balaban J connectivity index is 1.62. The Morgan fingerprint density at radius 3 is 2.67 bits per heavy atom. The zero-order valence-corrected chi connectivity index (χ0v) is 13.3. The van der Waals surface area contributed by atoms with Gasteiger partial charge in [0.1, 0.15) is 6.04 Å². The molecule has 1 aliphatic carbocycles. The van der Waals surface area contributed by atoms with Crippen LogP contribution in [0.15, 0.2) is 0 Å². The van der Waals surface area contributed by atoms with Gasteiger partial charge in [-0.25, -0.2) is 0 Å². The van der Waals surface area contributed by atoms with Gasteiger partial charge in [0.2, 0.25) is 5.91 Å². The fraction of sp³-hybridized carbons (Fsp3) is 0.938. The topological polar surface area (TPSA) is 71.7 Å². The van der Waals surface area contributed by atoms with Crippen molar-refractivity contribution in [3.63, 3.8) is 0 Å². The van der Waals surface area contributed by atoms with E-state index in [0.717, 1.165) is 12.8 Å². The molecule has 3 rings (SSSR count). The number of piperidine rings is 1. The second-order valence-corrected chi connectivity index (χ2v) is 7.22. The average molecular weight is 296 g/mol. The zero-order valence-electron chi connectivity index (χ0n) is 13.3. The maximum atomic E-state index is 12.7. The predicted molar refractivity (Wildman–Crippen MR) is 79.9 cm³/mol. The van der Waals surface area contributed by atoms with Gasteiger partial charge in [-0.1, -0.05) is 0 Å². The van der Waals surface area contributed by atoms with Crippen LogP contribution in [0.3, 0.4) is 0 Å². The van der Waals surface area contributed by atoms with E-state index in [1.54, 1.807) is 0 Å². The van der Waals surface area contributed by atoms with Crippen LogP contribution in [0, 0.1) is 5.92 Å². The van der Waals surface area contributed by atoms with Gasteiger partial charge in [0.25, 0.3) is 0 Å². The van der Waals surface area contributed by atoms with E-state index in [-0.39, 0.29) is 42.8 Å². The first kappa shape index (κ1) is 15.3. The first-order valence-corrected chi connectivity index (χ1v) is 8.35. The molecule has 2 N–H and O–H groups in total. The van der Waals surface area contributed by atoms with Crippen LogP contribution in [0.4, 0.5) is 0 Å². The number of nitrogens with zero attached hydrogens (tertiary/aromatic N) is 1.